The summed E-state index contributed by atoms with van der Waals surface area (Å²) in [5.74, 6) is 2.49. The van der Waals surface area contributed by atoms with Crippen molar-refractivity contribution < 1.29 is 13.9 Å². The van der Waals surface area contributed by atoms with Crippen molar-refractivity contribution >= 4 is 0 Å². The van der Waals surface area contributed by atoms with Gasteiger partial charge >= 0.3 is 0 Å². The molecule has 0 aliphatic carbocycles. The summed E-state index contributed by atoms with van der Waals surface area (Å²) in [4.78, 5) is 0. The summed E-state index contributed by atoms with van der Waals surface area (Å²) < 4.78 is 16.6. The van der Waals surface area contributed by atoms with Crippen LogP contribution in [0.15, 0.2) is 10.5 Å². The van der Waals surface area contributed by atoms with Gasteiger partial charge in [-0.1, -0.05) is 0 Å². The quantitative estimate of drug-likeness (QED) is 0.823. The fourth-order valence-electron chi connectivity index (χ4n) is 2.04. The van der Waals surface area contributed by atoms with Crippen LogP contribution in [-0.4, -0.2) is 26.9 Å². The van der Waals surface area contributed by atoms with Gasteiger partial charge in [-0.2, -0.15) is 0 Å². The normalized spacial score (nSPS) is 20.0. The van der Waals surface area contributed by atoms with Crippen LogP contribution in [0, 0.1) is 12.8 Å². The van der Waals surface area contributed by atoms with Crippen LogP contribution in [0.3, 0.4) is 0 Å². The van der Waals surface area contributed by atoms with E-state index in [1.165, 1.54) is 0 Å². The third-order valence-corrected chi connectivity index (χ3v) is 3.06. The molecule has 1 unspecified atom stereocenters. The van der Waals surface area contributed by atoms with Crippen LogP contribution >= 0.6 is 0 Å². The number of hydrogen-bond donors (Lipinski definition) is 1. The fraction of sp³-hybridized carbons (Fsp3) is 0.692. The summed E-state index contributed by atoms with van der Waals surface area (Å²) in [6, 6.07) is 2.07. The van der Waals surface area contributed by atoms with Crippen molar-refractivity contribution in [1.29, 1.82) is 0 Å². The summed E-state index contributed by atoms with van der Waals surface area (Å²) in [5.41, 5.74) is 1.15. The van der Waals surface area contributed by atoms with Crippen LogP contribution in [0.4, 0.5) is 0 Å². The lowest BCUT2D eigenvalue weighted by molar-refractivity contribution is 0.0785. The van der Waals surface area contributed by atoms with E-state index in [4.69, 9.17) is 13.9 Å². The monoisotopic (exact) mass is 239 g/mol. The Kier molecular flexibility index (Phi) is 4.59. The van der Waals surface area contributed by atoms with Gasteiger partial charge in [0.2, 0.25) is 0 Å². The molecule has 0 radical (unpaired) electrons. The number of hydrogen-bond acceptors (Lipinski definition) is 4. The van der Waals surface area contributed by atoms with Crippen molar-refractivity contribution in [3.8, 4) is 0 Å². The van der Waals surface area contributed by atoms with Gasteiger partial charge in [-0.3, -0.25) is 0 Å². The third kappa shape index (κ3) is 3.56. The summed E-state index contributed by atoms with van der Waals surface area (Å²) in [6.07, 6.45) is 1.12. The minimum absolute atomic E-state index is 0.569. The molecule has 2 rings (SSSR count). The van der Waals surface area contributed by atoms with Gasteiger partial charge in [0.15, 0.2) is 0 Å². The minimum atomic E-state index is 0.569. The molecule has 1 aliphatic rings. The molecule has 0 saturated carbocycles. The topological polar surface area (TPSA) is 43.6 Å². The maximum Gasteiger partial charge on any atom is 0.118 e. The van der Waals surface area contributed by atoms with Crippen LogP contribution in [-0.2, 0) is 22.6 Å². The van der Waals surface area contributed by atoms with E-state index < -0.39 is 0 Å². The number of nitrogens with one attached hydrogen (secondary N) is 1. The van der Waals surface area contributed by atoms with Crippen LogP contribution in [0.2, 0.25) is 0 Å². The molecule has 17 heavy (non-hydrogen) atoms. The molecule has 0 bridgehead atoms. The molecule has 1 atom stereocenters. The highest BCUT2D eigenvalue weighted by atomic mass is 16.5. The van der Waals surface area contributed by atoms with E-state index in [-0.39, 0.29) is 0 Å². The summed E-state index contributed by atoms with van der Waals surface area (Å²) in [5, 5.41) is 3.07. The maximum atomic E-state index is 5.72. The molecule has 4 heteroatoms. The highest BCUT2D eigenvalue weighted by molar-refractivity contribution is 5.19. The Balaban J connectivity index is 1.77. The Bertz CT molecular complexity index is 342. The molecule has 1 aromatic heterocycles. The van der Waals surface area contributed by atoms with E-state index in [2.05, 4.69) is 11.4 Å². The molecule has 0 amide bonds. The zero-order chi connectivity index (χ0) is 12.1. The average molecular weight is 239 g/mol. The number of rotatable bonds is 6. The highest BCUT2D eigenvalue weighted by Gasteiger charge is 2.16. The molecule has 4 nitrogen and oxygen atoms in total. The van der Waals surface area contributed by atoms with Gasteiger partial charge in [0.05, 0.1) is 26.4 Å². The molecule has 1 fully saturated rings. The van der Waals surface area contributed by atoms with Crippen molar-refractivity contribution in [2.75, 3.05) is 26.9 Å². The molecule has 0 aromatic carbocycles. The molecular weight excluding hydrogens is 218 g/mol. The molecular formula is C13H21NO3. The standard InChI is InChI=1S/C13H21NO3/c1-10-12(5-13(17-10)6-14-2)9-16-8-11-3-4-15-7-11/h5,11,14H,3-4,6-9H2,1-2H3. The van der Waals surface area contributed by atoms with Gasteiger partial charge in [-0.05, 0) is 26.5 Å². The molecule has 1 saturated heterocycles. The van der Waals surface area contributed by atoms with Gasteiger partial charge in [0.1, 0.15) is 11.5 Å². The zero-order valence-electron chi connectivity index (χ0n) is 10.6. The van der Waals surface area contributed by atoms with Gasteiger partial charge in [-0.15, -0.1) is 0 Å². The molecule has 1 aliphatic heterocycles. The first kappa shape index (κ1) is 12.6. The van der Waals surface area contributed by atoms with Crippen molar-refractivity contribution in [1.82, 2.24) is 5.32 Å². The van der Waals surface area contributed by atoms with Gasteiger partial charge in [0.25, 0.3) is 0 Å². The lowest BCUT2D eigenvalue weighted by Crippen LogP contribution is -2.09. The second-order valence-electron chi connectivity index (χ2n) is 4.57. The minimum Gasteiger partial charge on any atom is -0.465 e. The predicted molar refractivity (Wildman–Crippen MR) is 64.8 cm³/mol. The van der Waals surface area contributed by atoms with Crippen molar-refractivity contribution in [2.45, 2.75) is 26.5 Å². The molecule has 2 heterocycles. The van der Waals surface area contributed by atoms with Gasteiger partial charge in [-0.25, -0.2) is 0 Å². The van der Waals surface area contributed by atoms with E-state index in [1.54, 1.807) is 0 Å². The first-order valence-corrected chi connectivity index (χ1v) is 6.18. The fourth-order valence-corrected chi connectivity index (χ4v) is 2.04. The number of aryl methyl sites for hydroxylation is 1. The van der Waals surface area contributed by atoms with E-state index >= 15 is 0 Å². The van der Waals surface area contributed by atoms with Crippen LogP contribution in [0.1, 0.15) is 23.5 Å². The molecule has 0 spiro atoms. The van der Waals surface area contributed by atoms with Crippen molar-refractivity contribution in [3.05, 3.63) is 23.2 Å². The summed E-state index contributed by atoms with van der Waals surface area (Å²) in [7, 11) is 1.91. The first-order chi connectivity index (χ1) is 8.29. The molecule has 1 N–H and O–H groups in total. The van der Waals surface area contributed by atoms with Crippen molar-refractivity contribution in [3.63, 3.8) is 0 Å². The Morgan fingerprint density at radius 2 is 2.41 bits per heavy atom. The second kappa shape index (κ2) is 6.19. The number of furan rings is 1. The van der Waals surface area contributed by atoms with E-state index in [1.807, 2.05) is 14.0 Å². The Morgan fingerprint density at radius 3 is 3.12 bits per heavy atom. The summed E-state index contributed by atoms with van der Waals surface area (Å²) in [6.45, 7) is 5.88. The first-order valence-electron chi connectivity index (χ1n) is 6.18. The van der Waals surface area contributed by atoms with E-state index in [0.717, 1.165) is 49.9 Å². The maximum absolute atomic E-state index is 5.72. The largest absolute Gasteiger partial charge is 0.465 e. The van der Waals surface area contributed by atoms with Crippen molar-refractivity contribution in [2.24, 2.45) is 5.92 Å². The van der Waals surface area contributed by atoms with Crippen LogP contribution in [0.25, 0.3) is 0 Å². The van der Waals surface area contributed by atoms with E-state index in [0.29, 0.717) is 12.5 Å². The summed E-state index contributed by atoms with van der Waals surface area (Å²) >= 11 is 0. The van der Waals surface area contributed by atoms with E-state index in [9.17, 15) is 0 Å². The lowest BCUT2D eigenvalue weighted by atomic mass is 10.1. The Hall–Kier alpha value is -0.840. The SMILES string of the molecule is CNCc1cc(COCC2CCOC2)c(C)o1. The Labute approximate surface area is 102 Å². The third-order valence-electron chi connectivity index (χ3n) is 3.06. The predicted octanol–water partition coefficient (Wildman–Crippen LogP) is 1.86. The van der Waals surface area contributed by atoms with Gasteiger partial charge in [0, 0.05) is 18.1 Å². The average Bonchev–Trinajstić information content (AvgIpc) is 2.90. The highest BCUT2D eigenvalue weighted by Crippen LogP contribution is 2.17. The molecule has 96 valence electrons. The Morgan fingerprint density at radius 1 is 1.53 bits per heavy atom. The molecule has 1 aromatic rings. The zero-order valence-corrected chi connectivity index (χ0v) is 10.6. The van der Waals surface area contributed by atoms with Crippen LogP contribution in [0.5, 0.6) is 0 Å². The van der Waals surface area contributed by atoms with Crippen LogP contribution < -0.4 is 5.32 Å². The van der Waals surface area contributed by atoms with Gasteiger partial charge < -0.3 is 19.2 Å². The lowest BCUT2D eigenvalue weighted by Gasteiger charge is -2.07. The smallest absolute Gasteiger partial charge is 0.118 e. The number of ether oxygens (including phenoxy) is 2. The second-order valence-corrected chi connectivity index (χ2v) is 4.57.